The maximum atomic E-state index is 11.8. The first-order valence-corrected chi connectivity index (χ1v) is 9.00. The Morgan fingerprint density at radius 1 is 1.25 bits per heavy atom. The van der Waals surface area contributed by atoms with Crippen LogP contribution < -0.4 is 4.87 Å². The molecule has 2 aromatic rings. The average Bonchev–Trinajstić information content (AvgIpc) is 2.93. The van der Waals surface area contributed by atoms with Crippen LogP contribution in [0.5, 0.6) is 0 Å². The van der Waals surface area contributed by atoms with Crippen molar-refractivity contribution < 1.29 is 9.53 Å². The molecular weight excluding hydrogens is 324 g/mol. The molecule has 1 aromatic carbocycles. The van der Waals surface area contributed by atoms with E-state index in [1.54, 1.807) is 6.92 Å². The SMILES string of the molecule is CCOC(=O)CCN(C)Cc1sc(=O)[nH]c1-c1ccc(CC)cc1. The van der Waals surface area contributed by atoms with Crippen molar-refractivity contribution in [3.8, 4) is 11.3 Å². The Kier molecular flexibility index (Phi) is 6.75. The molecule has 0 aliphatic carbocycles. The number of thiazole rings is 1. The number of nitrogens with one attached hydrogen (secondary N) is 1. The van der Waals surface area contributed by atoms with E-state index < -0.39 is 0 Å². The molecule has 0 spiro atoms. The number of hydrogen-bond donors (Lipinski definition) is 1. The zero-order chi connectivity index (χ0) is 17.5. The lowest BCUT2D eigenvalue weighted by molar-refractivity contribution is -0.143. The van der Waals surface area contributed by atoms with Crippen LogP contribution in [-0.4, -0.2) is 36.1 Å². The normalized spacial score (nSPS) is 11.0. The van der Waals surface area contributed by atoms with Gasteiger partial charge in [-0.05, 0) is 31.5 Å². The maximum absolute atomic E-state index is 11.8. The van der Waals surface area contributed by atoms with Gasteiger partial charge in [-0.15, -0.1) is 0 Å². The molecule has 1 N–H and O–H groups in total. The van der Waals surface area contributed by atoms with Crippen LogP contribution in [0.3, 0.4) is 0 Å². The van der Waals surface area contributed by atoms with Gasteiger partial charge >= 0.3 is 10.8 Å². The number of benzene rings is 1. The third-order valence-electron chi connectivity index (χ3n) is 3.79. The van der Waals surface area contributed by atoms with Crippen LogP contribution >= 0.6 is 11.3 Å². The van der Waals surface area contributed by atoms with Gasteiger partial charge in [0.05, 0.1) is 18.7 Å². The molecule has 130 valence electrons. The molecule has 1 heterocycles. The molecule has 1 aromatic heterocycles. The van der Waals surface area contributed by atoms with Gasteiger partial charge in [0.25, 0.3) is 0 Å². The number of H-pyrrole nitrogens is 1. The third-order valence-corrected chi connectivity index (χ3v) is 4.66. The molecule has 0 amide bonds. The minimum absolute atomic E-state index is 0.0571. The van der Waals surface area contributed by atoms with Gasteiger partial charge in [0.2, 0.25) is 0 Å². The highest BCUT2D eigenvalue weighted by molar-refractivity contribution is 7.09. The minimum Gasteiger partial charge on any atom is -0.466 e. The van der Waals surface area contributed by atoms with E-state index in [4.69, 9.17) is 4.74 Å². The Balaban J connectivity index is 2.07. The number of hydrogen-bond acceptors (Lipinski definition) is 5. The second kappa shape index (κ2) is 8.80. The molecule has 0 saturated heterocycles. The first-order chi connectivity index (χ1) is 11.5. The van der Waals surface area contributed by atoms with Crippen molar-refractivity contribution in [2.45, 2.75) is 33.2 Å². The summed E-state index contributed by atoms with van der Waals surface area (Å²) < 4.78 is 4.94. The van der Waals surface area contributed by atoms with Crippen molar-refractivity contribution in [2.75, 3.05) is 20.2 Å². The molecular formula is C18H24N2O3S. The van der Waals surface area contributed by atoms with Crippen molar-refractivity contribution in [3.63, 3.8) is 0 Å². The second-order valence-corrected chi connectivity index (χ2v) is 6.72. The smallest absolute Gasteiger partial charge is 0.307 e. The van der Waals surface area contributed by atoms with E-state index in [1.807, 2.05) is 24.1 Å². The van der Waals surface area contributed by atoms with E-state index in [2.05, 4.69) is 24.0 Å². The van der Waals surface area contributed by atoms with Crippen molar-refractivity contribution in [1.29, 1.82) is 0 Å². The van der Waals surface area contributed by atoms with Crippen molar-refractivity contribution >= 4 is 17.3 Å². The quantitative estimate of drug-likeness (QED) is 0.745. The molecule has 24 heavy (non-hydrogen) atoms. The average molecular weight is 348 g/mol. The predicted octanol–water partition coefficient (Wildman–Crippen LogP) is 3.05. The summed E-state index contributed by atoms with van der Waals surface area (Å²) in [5.74, 6) is -0.193. The molecule has 2 rings (SSSR count). The van der Waals surface area contributed by atoms with Gasteiger partial charge in [-0.3, -0.25) is 9.59 Å². The number of carbonyl (C=O) groups is 1. The molecule has 0 bridgehead atoms. The lowest BCUT2D eigenvalue weighted by Gasteiger charge is -2.16. The summed E-state index contributed by atoms with van der Waals surface area (Å²) in [5.41, 5.74) is 3.15. The number of nitrogens with zero attached hydrogens (tertiary/aromatic N) is 1. The standard InChI is InChI=1S/C18H24N2O3S/c1-4-13-6-8-14(9-7-13)17-15(24-18(22)19-17)12-20(3)11-10-16(21)23-5-2/h6-9H,4-5,10-12H2,1-3H3,(H,19,22). The minimum atomic E-state index is -0.193. The summed E-state index contributed by atoms with van der Waals surface area (Å²) in [7, 11) is 1.94. The summed E-state index contributed by atoms with van der Waals surface area (Å²) in [6.07, 6.45) is 1.34. The fraction of sp³-hybridized carbons (Fsp3) is 0.444. The topological polar surface area (TPSA) is 62.4 Å². The first kappa shape index (κ1) is 18.4. The highest BCUT2D eigenvalue weighted by atomic mass is 32.1. The van der Waals surface area contributed by atoms with Crippen LogP contribution in [0, 0.1) is 0 Å². The predicted molar refractivity (Wildman–Crippen MR) is 97.3 cm³/mol. The Morgan fingerprint density at radius 3 is 2.58 bits per heavy atom. The summed E-state index contributed by atoms with van der Waals surface area (Å²) >= 11 is 1.22. The van der Waals surface area contributed by atoms with Gasteiger partial charge in [0.1, 0.15) is 0 Å². The summed E-state index contributed by atoms with van der Waals surface area (Å²) in [5, 5.41) is 0. The lowest BCUT2D eigenvalue weighted by atomic mass is 10.1. The van der Waals surface area contributed by atoms with E-state index in [0.717, 1.165) is 22.6 Å². The molecule has 6 heteroatoms. The zero-order valence-corrected chi connectivity index (χ0v) is 15.2. The zero-order valence-electron chi connectivity index (χ0n) is 14.4. The van der Waals surface area contributed by atoms with Crippen LogP contribution in [0.4, 0.5) is 0 Å². The fourth-order valence-electron chi connectivity index (χ4n) is 2.45. The molecule has 5 nitrogen and oxygen atoms in total. The van der Waals surface area contributed by atoms with E-state index in [-0.39, 0.29) is 10.8 Å². The Labute approximate surface area is 146 Å². The van der Waals surface area contributed by atoms with Gasteiger partial charge in [0, 0.05) is 18.0 Å². The van der Waals surface area contributed by atoms with E-state index >= 15 is 0 Å². The van der Waals surface area contributed by atoms with Crippen LogP contribution in [0.1, 0.15) is 30.7 Å². The van der Waals surface area contributed by atoms with Crippen LogP contribution in [-0.2, 0) is 22.5 Å². The maximum Gasteiger partial charge on any atom is 0.307 e. The van der Waals surface area contributed by atoms with Crippen LogP contribution in [0.2, 0.25) is 0 Å². The summed E-state index contributed by atoms with van der Waals surface area (Å²) in [6, 6.07) is 8.25. The van der Waals surface area contributed by atoms with Crippen LogP contribution in [0.25, 0.3) is 11.3 Å². The van der Waals surface area contributed by atoms with E-state index in [1.165, 1.54) is 16.9 Å². The van der Waals surface area contributed by atoms with E-state index in [0.29, 0.717) is 26.1 Å². The van der Waals surface area contributed by atoms with Gasteiger partial charge < -0.3 is 14.6 Å². The number of esters is 1. The third kappa shape index (κ3) is 5.04. The molecule has 0 aliphatic heterocycles. The number of ether oxygens (including phenoxy) is 1. The van der Waals surface area contributed by atoms with Gasteiger partial charge in [-0.25, -0.2) is 0 Å². The van der Waals surface area contributed by atoms with E-state index in [9.17, 15) is 9.59 Å². The Morgan fingerprint density at radius 2 is 1.96 bits per heavy atom. The van der Waals surface area contributed by atoms with Gasteiger partial charge in [-0.1, -0.05) is 42.5 Å². The first-order valence-electron chi connectivity index (χ1n) is 8.19. The summed E-state index contributed by atoms with van der Waals surface area (Å²) in [4.78, 5) is 29.1. The molecule has 0 saturated carbocycles. The number of carbonyl (C=O) groups excluding carboxylic acids is 1. The molecule has 0 fully saturated rings. The van der Waals surface area contributed by atoms with Crippen molar-refractivity contribution in [2.24, 2.45) is 0 Å². The lowest BCUT2D eigenvalue weighted by Crippen LogP contribution is -2.22. The number of aryl methyl sites for hydroxylation is 1. The second-order valence-electron chi connectivity index (χ2n) is 5.66. The number of aromatic nitrogens is 1. The van der Waals surface area contributed by atoms with Crippen molar-refractivity contribution in [3.05, 3.63) is 44.4 Å². The monoisotopic (exact) mass is 348 g/mol. The fourth-order valence-corrected chi connectivity index (χ4v) is 3.38. The highest BCUT2D eigenvalue weighted by Crippen LogP contribution is 2.24. The molecule has 0 unspecified atom stereocenters. The molecule has 0 radical (unpaired) electrons. The van der Waals surface area contributed by atoms with Gasteiger partial charge in [-0.2, -0.15) is 0 Å². The highest BCUT2D eigenvalue weighted by Gasteiger charge is 2.13. The van der Waals surface area contributed by atoms with Crippen molar-refractivity contribution in [1.82, 2.24) is 9.88 Å². The number of aromatic amines is 1. The Hall–Kier alpha value is -1.92. The molecule has 0 aliphatic rings. The summed E-state index contributed by atoms with van der Waals surface area (Å²) in [6.45, 7) is 5.53. The molecule has 0 atom stereocenters. The Bertz CT molecular complexity index is 719. The largest absolute Gasteiger partial charge is 0.466 e. The van der Waals surface area contributed by atoms with Gasteiger partial charge in [0.15, 0.2) is 0 Å². The number of rotatable bonds is 8. The van der Waals surface area contributed by atoms with Crippen LogP contribution in [0.15, 0.2) is 29.1 Å².